The van der Waals surface area contributed by atoms with E-state index in [0.29, 0.717) is 13.0 Å². The van der Waals surface area contributed by atoms with Crippen molar-refractivity contribution in [1.82, 2.24) is 4.90 Å². The van der Waals surface area contributed by atoms with Crippen LogP contribution < -0.4 is 0 Å². The molecule has 2 N–H and O–H groups in total. The third-order valence-electron chi connectivity index (χ3n) is 3.54. The van der Waals surface area contributed by atoms with Crippen molar-refractivity contribution >= 4 is 5.91 Å². The maximum absolute atomic E-state index is 11.7. The van der Waals surface area contributed by atoms with Crippen LogP contribution in [0.5, 0.6) is 0 Å². The molecule has 0 radical (unpaired) electrons. The van der Waals surface area contributed by atoms with Gasteiger partial charge in [-0.05, 0) is 17.5 Å². The topological polar surface area (TPSA) is 60.8 Å². The zero-order chi connectivity index (χ0) is 11.3. The van der Waals surface area contributed by atoms with Crippen LogP contribution in [-0.4, -0.2) is 39.3 Å². The molecule has 0 aliphatic carbocycles. The molecule has 0 bridgehead atoms. The van der Waals surface area contributed by atoms with E-state index in [2.05, 4.69) is 0 Å². The van der Waals surface area contributed by atoms with E-state index in [1.165, 1.54) is 0 Å². The minimum Gasteiger partial charge on any atom is -0.388 e. The molecule has 1 fully saturated rings. The summed E-state index contributed by atoms with van der Waals surface area (Å²) in [7, 11) is 0. The number of aliphatic hydroxyl groups excluding tert-OH is 2. The van der Waals surface area contributed by atoms with Crippen LogP contribution in [0.15, 0.2) is 24.3 Å². The summed E-state index contributed by atoms with van der Waals surface area (Å²) in [6, 6.07) is 7.61. The van der Waals surface area contributed by atoms with Crippen LogP contribution in [0.2, 0.25) is 0 Å². The summed E-state index contributed by atoms with van der Waals surface area (Å²) in [5.41, 5.74) is 2.26. The van der Waals surface area contributed by atoms with E-state index in [4.69, 9.17) is 0 Å². The largest absolute Gasteiger partial charge is 0.388 e. The Morgan fingerprint density at radius 1 is 1.19 bits per heavy atom. The van der Waals surface area contributed by atoms with Crippen molar-refractivity contribution < 1.29 is 15.0 Å². The SMILES string of the molecule is O=C1[C@H](O)[C@H](O)[C@H]2Cc3ccccc3CN12. The molecule has 84 valence electrons. The third-order valence-corrected chi connectivity index (χ3v) is 3.54. The molecule has 3 atom stereocenters. The Hall–Kier alpha value is -1.39. The van der Waals surface area contributed by atoms with Gasteiger partial charge in [-0.3, -0.25) is 4.79 Å². The van der Waals surface area contributed by atoms with E-state index in [1.54, 1.807) is 4.90 Å². The Morgan fingerprint density at radius 2 is 1.88 bits per heavy atom. The summed E-state index contributed by atoms with van der Waals surface area (Å²) in [6.45, 7) is 0.494. The number of rotatable bonds is 0. The lowest BCUT2D eigenvalue weighted by molar-refractivity contribution is -0.136. The Morgan fingerprint density at radius 3 is 2.62 bits per heavy atom. The second kappa shape index (κ2) is 3.30. The molecule has 1 aromatic carbocycles. The zero-order valence-electron chi connectivity index (χ0n) is 8.71. The highest BCUT2D eigenvalue weighted by atomic mass is 16.3. The maximum Gasteiger partial charge on any atom is 0.254 e. The number of nitrogens with zero attached hydrogens (tertiary/aromatic N) is 1. The van der Waals surface area contributed by atoms with Gasteiger partial charge in [0.1, 0.15) is 6.10 Å². The number of hydrogen-bond donors (Lipinski definition) is 2. The summed E-state index contributed by atoms with van der Waals surface area (Å²) in [5, 5.41) is 19.3. The lowest BCUT2D eigenvalue weighted by atomic mass is 9.93. The van der Waals surface area contributed by atoms with E-state index >= 15 is 0 Å². The summed E-state index contributed by atoms with van der Waals surface area (Å²) < 4.78 is 0. The van der Waals surface area contributed by atoms with Crippen LogP contribution in [0.25, 0.3) is 0 Å². The summed E-state index contributed by atoms with van der Waals surface area (Å²) >= 11 is 0. The highest BCUT2D eigenvalue weighted by molar-refractivity contribution is 5.84. The van der Waals surface area contributed by atoms with Crippen molar-refractivity contribution in [2.24, 2.45) is 0 Å². The zero-order valence-corrected chi connectivity index (χ0v) is 8.71. The first-order valence-corrected chi connectivity index (χ1v) is 5.42. The van der Waals surface area contributed by atoms with E-state index in [9.17, 15) is 15.0 Å². The summed E-state index contributed by atoms with van der Waals surface area (Å²) in [5.74, 6) is -0.355. The normalized spacial score (nSPS) is 32.5. The van der Waals surface area contributed by atoms with Gasteiger partial charge >= 0.3 is 0 Å². The van der Waals surface area contributed by atoms with Crippen molar-refractivity contribution in [1.29, 1.82) is 0 Å². The van der Waals surface area contributed by atoms with Gasteiger partial charge in [-0.25, -0.2) is 0 Å². The molecule has 0 aromatic heterocycles. The molecule has 4 heteroatoms. The monoisotopic (exact) mass is 219 g/mol. The van der Waals surface area contributed by atoms with Crippen LogP contribution in [0.1, 0.15) is 11.1 Å². The molecule has 4 nitrogen and oxygen atoms in total. The van der Waals surface area contributed by atoms with Crippen molar-refractivity contribution in [2.75, 3.05) is 0 Å². The Balaban J connectivity index is 1.99. The average Bonchev–Trinajstić information content (AvgIpc) is 2.52. The molecular weight excluding hydrogens is 206 g/mol. The molecule has 3 rings (SSSR count). The smallest absolute Gasteiger partial charge is 0.254 e. The Kier molecular flexibility index (Phi) is 2.02. The number of aliphatic hydroxyl groups is 2. The van der Waals surface area contributed by atoms with E-state index < -0.39 is 12.2 Å². The molecule has 1 aromatic rings. The van der Waals surface area contributed by atoms with Crippen LogP contribution in [0.4, 0.5) is 0 Å². The second-order valence-electron chi connectivity index (χ2n) is 4.44. The standard InChI is InChI=1S/C12H13NO3/c14-10-9-5-7-3-1-2-4-8(7)6-13(9)12(16)11(10)15/h1-4,9-11,14-15H,5-6H2/t9-,10-,11-/m1/s1. The number of hydrogen-bond acceptors (Lipinski definition) is 3. The fourth-order valence-electron chi connectivity index (χ4n) is 2.62. The van der Waals surface area contributed by atoms with Gasteiger partial charge in [-0.2, -0.15) is 0 Å². The molecular formula is C12H13NO3. The maximum atomic E-state index is 11.7. The number of fused-ring (bicyclic) bond motifs is 2. The first kappa shape index (κ1) is 9.81. The lowest BCUT2D eigenvalue weighted by Gasteiger charge is -2.32. The molecule has 16 heavy (non-hydrogen) atoms. The number of amides is 1. The number of benzene rings is 1. The predicted octanol–water partition coefficient (Wildman–Crippen LogP) is -0.325. The van der Waals surface area contributed by atoms with Gasteiger partial charge in [-0.1, -0.05) is 24.3 Å². The molecule has 0 saturated carbocycles. The summed E-state index contributed by atoms with van der Waals surface area (Å²) in [6.07, 6.45) is -1.58. The Bertz CT molecular complexity index is 446. The van der Waals surface area contributed by atoms with Crippen molar-refractivity contribution in [2.45, 2.75) is 31.2 Å². The van der Waals surface area contributed by atoms with Crippen molar-refractivity contribution in [3.63, 3.8) is 0 Å². The first-order chi connectivity index (χ1) is 7.68. The highest BCUT2D eigenvalue weighted by Gasteiger charge is 2.48. The second-order valence-corrected chi connectivity index (χ2v) is 4.44. The minimum atomic E-state index is -1.25. The molecule has 2 aliphatic heterocycles. The van der Waals surface area contributed by atoms with Crippen LogP contribution in [-0.2, 0) is 17.8 Å². The van der Waals surface area contributed by atoms with Crippen LogP contribution >= 0.6 is 0 Å². The van der Waals surface area contributed by atoms with E-state index in [0.717, 1.165) is 11.1 Å². The van der Waals surface area contributed by atoms with Crippen LogP contribution in [0.3, 0.4) is 0 Å². The Labute approximate surface area is 93.1 Å². The van der Waals surface area contributed by atoms with Crippen molar-refractivity contribution in [3.05, 3.63) is 35.4 Å². The number of carbonyl (C=O) groups is 1. The van der Waals surface area contributed by atoms with Gasteiger partial charge < -0.3 is 15.1 Å². The average molecular weight is 219 g/mol. The van der Waals surface area contributed by atoms with Gasteiger partial charge in [0.05, 0.1) is 6.04 Å². The first-order valence-electron chi connectivity index (χ1n) is 5.42. The highest BCUT2D eigenvalue weighted by Crippen LogP contribution is 2.31. The summed E-state index contributed by atoms with van der Waals surface area (Å²) in [4.78, 5) is 13.3. The van der Waals surface area contributed by atoms with Gasteiger partial charge in [-0.15, -0.1) is 0 Å². The third kappa shape index (κ3) is 1.20. The molecule has 1 amide bonds. The van der Waals surface area contributed by atoms with Crippen LogP contribution in [0, 0.1) is 0 Å². The predicted molar refractivity (Wildman–Crippen MR) is 56.5 cm³/mol. The van der Waals surface area contributed by atoms with Crippen molar-refractivity contribution in [3.8, 4) is 0 Å². The fraction of sp³-hybridized carbons (Fsp3) is 0.417. The number of carbonyl (C=O) groups excluding carboxylic acids is 1. The van der Waals surface area contributed by atoms with Gasteiger partial charge in [0, 0.05) is 6.54 Å². The fourth-order valence-corrected chi connectivity index (χ4v) is 2.62. The molecule has 0 spiro atoms. The molecule has 1 saturated heterocycles. The van der Waals surface area contributed by atoms with Gasteiger partial charge in [0.25, 0.3) is 5.91 Å². The quantitative estimate of drug-likeness (QED) is 0.628. The molecule has 2 aliphatic rings. The lowest BCUT2D eigenvalue weighted by Crippen LogP contribution is -2.41. The van der Waals surface area contributed by atoms with Gasteiger partial charge in [0.15, 0.2) is 6.10 Å². The minimum absolute atomic E-state index is 0.266. The molecule has 0 unspecified atom stereocenters. The van der Waals surface area contributed by atoms with E-state index in [-0.39, 0.29) is 11.9 Å². The molecule has 2 heterocycles. The van der Waals surface area contributed by atoms with E-state index in [1.807, 2.05) is 24.3 Å². The van der Waals surface area contributed by atoms with Gasteiger partial charge in [0.2, 0.25) is 0 Å².